The molecule has 2 aromatic carbocycles. The first-order valence-corrected chi connectivity index (χ1v) is 9.02. The number of hydrogen-bond acceptors (Lipinski definition) is 5. The van der Waals surface area contributed by atoms with Crippen LogP contribution in [-0.4, -0.2) is 27.7 Å². The zero-order valence-electron chi connectivity index (χ0n) is 12.2. The van der Waals surface area contributed by atoms with Crippen LogP contribution >= 0.6 is 34.7 Å². The summed E-state index contributed by atoms with van der Waals surface area (Å²) in [6, 6.07) is 11.9. The number of benzene rings is 2. The SMILES string of the molecule is O=C(CSc1ccccc1C(=O)O)Nc1nc2ccc(Cl)cc2s1. The second kappa shape index (κ2) is 7.21. The van der Waals surface area contributed by atoms with Crippen LogP contribution in [0.4, 0.5) is 5.13 Å². The van der Waals surface area contributed by atoms with Crippen molar-refractivity contribution in [2.45, 2.75) is 4.90 Å². The summed E-state index contributed by atoms with van der Waals surface area (Å²) in [7, 11) is 0. The lowest BCUT2D eigenvalue weighted by molar-refractivity contribution is -0.113. The number of rotatable bonds is 5. The van der Waals surface area contributed by atoms with Crippen LogP contribution in [0.15, 0.2) is 47.4 Å². The molecule has 3 aromatic rings. The third kappa shape index (κ3) is 3.87. The number of nitrogens with zero attached hydrogens (tertiary/aromatic N) is 1. The molecule has 0 atom stereocenters. The highest BCUT2D eigenvalue weighted by Crippen LogP contribution is 2.29. The molecule has 0 aliphatic rings. The molecule has 0 fully saturated rings. The fourth-order valence-corrected chi connectivity index (χ4v) is 4.02. The second-order valence-corrected chi connectivity index (χ2v) is 7.25. The van der Waals surface area contributed by atoms with Gasteiger partial charge >= 0.3 is 5.97 Å². The first kappa shape index (κ1) is 16.8. The quantitative estimate of drug-likeness (QED) is 0.644. The van der Waals surface area contributed by atoms with Gasteiger partial charge in [0.15, 0.2) is 5.13 Å². The number of carbonyl (C=O) groups excluding carboxylic acids is 1. The molecular weight excluding hydrogens is 368 g/mol. The van der Waals surface area contributed by atoms with Gasteiger partial charge in [-0.3, -0.25) is 4.79 Å². The fraction of sp³-hybridized carbons (Fsp3) is 0.0625. The molecule has 1 heterocycles. The molecule has 2 N–H and O–H groups in total. The molecule has 8 heteroatoms. The van der Waals surface area contributed by atoms with Crippen LogP contribution in [0.5, 0.6) is 0 Å². The number of hydrogen-bond donors (Lipinski definition) is 2. The van der Waals surface area contributed by atoms with Crippen molar-refractivity contribution in [1.82, 2.24) is 4.98 Å². The number of anilines is 1. The van der Waals surface area contributed by atoms with Crippen LogP contribution in [-0.2, 0) is 4.79 Å². The maximum absolute atomic E-state index is 12.1. The molecule has 0 aliphatic carbocycles. The second-order valence-electron chi connectivity index (χ2n) is 4.77. The van der Waals surface area contributed by atoms with E-state index in [0.717, 1.165) is 10.2 Å². The maximum Gasteiger partial charge on any atom is 0.336 e. The summed E-state index contributed by atoms with van der Waals surface area (Å²) in [5.74, 6) is -1.16. The van der Waals surface area contributed by atoms with E-state index in [1.165, 1.54) is 29.2 Å². The summed E-state index contributed by atoms with van der Waals surface area (Å²) in [5.41, 5.74) is 0.952. The number of fused-ring (bicyclic) bond motifs is 1. The molecule has 3 rings (SSSR count). The van der Waals surface area contributed by atoms with E-state index in [-0.39, 0.29) is 17.2 Å². The third-order valence-electron chi connectivity index (χ3n) is 3.07. The van der Waals surface area contributed by atoms with Crippen molar-refractivity contribution in [3.63, 3.8) is 0 Å². The van der Waals surface area contributed by atoms with Gasteiger partial charge in [-0.2, -0.15) is 0 Å². The predicted molar refractivity (Wildman–Crippen MR) is 97.4 cm³/mol. The van der Waals surface area contributed by atoms with Crippen molar-refractivity contribution in [1.29, 1.82) is 0 Å². The normalized spacial score (nSPS) is 10.7. The molecule has 1 aromatic heterocycles. The van der Waals surface area contributed by atoms with Crippen molar-refractivity contribution in [3.8, 4) is 0 Å². The van der Waals surface area contributed by atoms with Gasteiger partial charge in [0.05, 0.1) is 21.5 Å². The minimum absolute atomic E-state index is 0.0982. The Morgan fingerprint density at radius 3 is 2.83 bits per heavy atom. The van der Waals surface area contributed by atoms with Gasteiger partial charge in [-0.25, -0.2) is 9.78 Å². The van der Waals surface area contributed by atoms with Crippen molar-refractivity contribution in [2.24, 2.45) is 0 Å². The molecule has 0 spiro atoms. The topological polar surface area (TPSA) is 79.3 Å². The summed E-state index contributed by atoms with van der Waals surface area (Å²) < 4.78 is 0.890. The fourth-order valence-electron chi connectivity index (χ4n) is 2.02. The number of thioether (sulfide) groups is 1. The number of aromatic nitrogens is 1. The smallest absolute Gasteiger partial charge is 0.336 e. The van der Waals surface area contributed by atoms with Gasteiger partial charge in [0.2, 0.25) is 5.91 Å². The molecule has 1 amide bonds. The first-order chi connectivity index (χ1) is 11.5. The third-order valence-corrected chi connectivity index (χ3v) is 5.32. The van der Waals surface area contributed by atoms with E-state index in [1.54, 1.807) is 36.4 Å². The van der Waals surface area contributed by atoms with Crippen molar-refractivity contribution < 1.29 is 14.7 Å². The van der Waals surface area contributed by atoms with Crippen molar-refractivity contribution in [3.05, 3.63) is 53.1 Å². The molecule has 0 saturated carbocycles. The zero-order chi connectivity index (χ0) is 17.1. The van der Waals surface area contributed by atoms with Gasteiger partial charge in [-0.05, 0) is 30.3 Å². The van der Waals surface area contributed by atoms with E-state index in [1.807, 2.05) is 0 Å². The number of carboxylic acid groups (broad SMARTS) is 1. The van der Waals surface area contributed by atoms with E-state index in [0.29, 0.717) is 15.0 Å². The molecule has 122 valence electrons. The average Bonchev–Trinajstić information content (AvgIpc) is 2.94. The van der Waals surface area contributed by atoms with E-state index >= 15 is 0 Å². The first-order valence-electron chi connectivity index (χ1n) is 6.84. The Morgan fingerprint density at radius 2 is 2.04 bits per heavy atom. The molecule has 0 radical (unpaired) electrons. The predicted octanol–water partition coefficient (Wildman–Crippen LogP) is 4.38. The lowest BCUT2D eigenvalue weighted by Crippen LogP contribution is -2.14. The van der Waals surface area contributed by atoms with Crippen LogP contribution in [0.1, 0.15) is 10.4 Å². The average molecular weight is 379 g/mol. The minimum Gasteiger partial charge on any atom is -0.478 e. The van der Waals surface area contributed by atoms with Crippen LogP contribution in [0.2, 0.25) is 5.02 Å². The number of aromatic carboxylic acids is 1. The van der Waals surface area contributed by atoms with Crippen LogP contribution < -0.4 is 5.32 Å². The van der Waals surface area contributed by atoms with Gasteiger partial charge in [0.25, 0.3) is 0 Å². The number of carboxylic acids is 1. The number of carbonyl (C=O) groups is 2. The molecule has 0 aliphatic heterocycles. The summed E-state index contributed by atoms with van der Waals surface area (Å²) >= 11 is 8.45. The highest BCUT2D eigenvalue weighted by atomic mass is 35.5. The Labute approximate surface area is 150 Å². The highest BCUT2D eigenvalue weighted by Gasteiger charge is 2.12. The number of thiazole rings is 1. The maximum atomic E-state index is 12.1. The van der Waals surface area contributed by atoms with Crippen LogP contribution in [0.3, 0.4) is 0 Å². The van der Waals surface area contributed by atoms with Crippen LogP contribution in [0, 0.1) is 0 Å². The van der Waals surface area contributed by atoms with Crippen molar-refractivity contribution >= 4 is 61.9 Å². The van der Waals surface area contributed by atoms with E-state index in [2.05, 4.69) is 10.3 Å². The largest absolute Gasteiger partial charge is 0.478 e. The van der Waals surface area contributed by atoms with E-state index in [9.17, 15) is 9.59 Å². The number of halogens is 1. The summed E-state index contributed by atoms with van der Waals surface area (Å²) in [4.78, 5) is 28.1. The van der Waals surface area contributed by atoms with Gasteiger partial charge in [0, 0.05) is 9.92 Å². The number of nitrogens with one attached hydrogen (secondary N) is 1. The van der Waals surface area contributed by atoms with Gasteiger partial charge in [-0.1, -0.05) is 35.1 Å². The molecule has 5 nitrogen and oxygen atoms in total. The molecule has 0 bridgehead atoms. The summed E-state index contributed by atoms with van der Waals surface area (Å²) in [6.07, 6.45) is 0. The zero-order valence-corrected chi connectivity index (χ0v) is 14.5. The van der Waals surface area contributed by atoms with Crippen LogP contribution in [0.25, 0.3) is 10.2 Å². The molecule has 0 unspecified atom stereocenters. The van der Waals surface area contributed by atoms with E-state index in [4.69, 9.17) is 16.7 Å². The molecule has 24 heavy (non-hydrogen) atoms. The number of amides is 1. The lowest BCUT2D eigenvalue weighted by atomic mass is 10.2. The van der Waals surface area contributed by atoms with Gasteiger partial charge in [0.1, 0.15) is 0 Å². The standard InChI is InChI=1S/C16H11ClN2O3S2/c17-9-5-6-11-13(7-9)24-16(18-11)19-14(20)8-23-12-4-2-1-3-10(12)15(21)22/h1-7H,8H2,(H,21,22)(H,18,19,20). The Hall–Kier alpha value is -2.09. The summed E-state index contributed by atoms with van der Waals surface area (Å²) in [6.45, 7) is 0. The Kier molecular flexibility index (Phi) is 5.03. The summed E-state index contributed by atoms with van der Waals surface area (Å²) in [5, 5.41) is 13.0. The van der Waals surface area contributed by atoms with Gasteiger partial charge < -0.3 is 10.4 Å². The Balaban J connectivity index is 1.66. The van der Waals surface area contributed by atoms with Crippen molar-refractivity contribution in [2.75, 3.05) is 11.1 Å². The highest BCUT2D eigenvalue weighted by molar-refractivity contribution is 8.00. The molecule has 0 saturated heterocycles. The van der Waals surface area contributed by atoms with Gasteiger partial charge in [-0.15, -0.1) is 11.8 Å². The molecular formula is C16H11ClN2O3S2. The lowest BCUT2D eigenvalue weighted by Gasteiger charge is -2.05. The Morgan fingerprint density at radius 1 is 1.25 bits per heavy atom. The van der Waals surface area contributed by atoms with E-state index < -0.39 is 5.97 Å². The Bertz CT molecular complexity index is 927. The minimum atomic E-state index is -1.01. The monoisotopic (exact) mass is 378 g/mol.